The van der Waals surface area contributed by atoms with Crippen molar-refractivity contribution in [2.45, 2.75) is 57.4 Å². The number of aliphatic hydroxyl groups excluding tert-OH is 2. The third-order valence-corrected chi connectivity index (χ3v) is 7.05. The number of ether oxygens (including phenoxy) is 1. The molecule has 5 atom stereocenters. The van der Waals surface area contributed by atoms with Gasteiger partial charge < -0.3 is 25.2 Å². The normalized spacial score (nSPS) is 32.2. The first-order chi connectivity index (χ1) is 14.7. The number of hydrogen-bond donors (Lipinski definition) is 4. The SMILES string of the molecule is O=C(c1cc(O)ccc1O)C1CCCC[C@]2(C(O)N3C(=O)CC[C@H]3O)COC(=O)[C@H]2C1. The van der Waals surface area contributed by atoms with Gasteiger partial charge in [-0.15, -0.1) is 0 Å². The van der Waals surface area contributed by atoms with E-state index < -0.39 is 41.5 Å². The first kappa shape index (κ1) is 21.6. The number of nitrogens with zero attached hydrogens (tertiary/aromatic N) is 1. The molecule has 9 nitrogen and oxygen atoms in total. The summed E-state index contributed by atoms with van der Waals surface area (Å²) in [5, 5.41) is 41.3. The fraction of sp³-hybridized carbons (Fsp3) is 0.591. The van der Waals surface area contributed by atoms with Crippen molar-refractivity contribution in [2.75, 3.05) is 6.61 Å². The van der Waals surface area contributed by atoms with E-state index in [4.69, 9.17) is 4.74 Å². The van der Waals surface area contributed by atoms with Crippen LogP contribution in [0.2, 0.25) is 0 Å². The number of carbonyl (C=O) groups is 3. The number of hydrogen-bond acceptors (Lipinski definition) is 8. The van der Waals surface area contributed by atoms with Crippen LogP contribution in [-0.4, -0.2) is 62.0 Å². The van der Waals surface area contributed by atoms with E-state index in [0.29, 0.717) is 25.7 Å². The minimum atomic E-state index is -1.41. The molecule has 168 valence electrons. The van der Waals surface area contributed by atoms with Crippen molar-refractivity contribution < 1.29 is 39.5 Å². The summed E-state index contributed by atoms with van der Waals surface area (Å²) in [6, 6.07) is 3.72. The lowest BCUT2D eigenvalue weighted by molar-refractivity contribution is -0.176. The standard InChI is InChI=1S/C22H27NO8/c24-13-4-5-16(25)14(10-13)19(28)12-3-1-2-8-22(11-31-20(29)15(22)9-12)21(30)23-17(26)6-7-18(23)27/h4-5,10,12,15,17,21,24-26,30H,1-3,6-9,11H2/t12?,15-,17-,21?,22+/m1/s1. The minimum Gasteiger partial charge on any atom is -0.508 e. The van der Waals surface area contributed by atoms with Crippen LogP contribution in [0, 0.1) is 17.3 Å². The van der Waals surface area contributed by atoms with Crippen LogP contribution in [-0.2, 0) is 14.3 Å². The summed E-state index contributed by atoms with van der Waals surface area (Å²) in [7, 11) is 0. The Morgan fingerprint density at radius 2 is 1.97 bits per heavy atom. The molecule has 1 aromatic carbocycles. The molecule has 2 saturated heterocycles. The Bertz CT molecular complexity index is 901. The molecular weight excluding hydrogens is 406 g/mol. The maximum Gasteiger partial charge on any atom is 0.309 e. The second-order valence-electron chi connectivity index (χ2n) is 8.83. The molecule has 1 aromatic rings. The molecule has 0 spiro atoms. The van der Waals surface area contributed by atoms with Crippen LogP contribution in [0.25, 0.3) is 0 Å². The summed E-state index contributed by atoms with van der Waals surface area (Å²) < 4.78 is 5.32. The lowest BCUT2D eigenvalue weighted by Gasteiger charge is -2.43. The van der Waals surface area contributed by atoms with Crippen molar-refractivity contribution in [3.8, 4) is 11.5 Å². The molecule has 0 radical (unpaired) electrons. The van der Waals surface area contributed by atoms with Gasteiger partial charge in [-0.1, -0.05) is 12.8 Å². The van der Waals surface area contributed by atoms with Gasteiger partial charge in [0.2, 0.25) is 5.91 Å². The van der Waals surface area contributed by atoms with Gasteiger partial charge in [-0.3, -0.25) is 19.3 Å². The fourth-order valence-electron chi connectivity index (χ4n) is 5.29. The van der Waals surface area contributed by atoms with Crippen molar-refractivity contribution in [3.05, 3.63) is 23.8 Å². The van der Waals surface area contributed by atoms with Gasteiger partial charge in [0.05, 0.1) is 16.9 Å². The number of aromatic hydroxyl groups is 2. The first-order valence-corrected chi connectivity index (χ1v) is 10.6. The molecule has 31 heavy (non-hydrogen) atoms. The van der Waals surface area contributed by atoms with Gasteiger partial charge in [0.25, 0.3) is 0 Å². The number of likely N-dealkylation sites (tertiary alicyclic amines) is 1. The van der Waals surface area contributed by atoms with Crippen molar-refractivity contribution in [3.63, 3.8) is 0 Å². The Balaban J connectivity index is 1.65. The number of esters is 1. The van der Waals surface area contributed by atoms with Gasteiger partial charge >= 0.3 is 5.97 Å². The van der Waals surface area contributed by atoms with Crippen LogP contribution in [0.15, 0.2) is 18.2 Å². The molecule has 3 aliphatic rings. The summed E-state index contributed by atoms with van der Waals surface area (Å²) in [6.45, 7) is -0.0908. The molecule has 1 saturated carbocycles. The highest BCUT2D eigenvalue weighted by molar-refractivity contribution is 6.00. The number of ketones is 1. The lowest BCUT2D eigenvalue weighted by Crippen LogP contribution is -2.55. The average Bonchev–Trinajstić information content (AvgIpc) is 3.21. The summed E-state index contributed by atoms with van der Waals surface area (Å²) in [6.07, 6.45) is 0.0168. The van der Waals surface area contributed by atoms with E-state index in [1.54, 1.807) is 0 Å². The lowest BCUT2D eigenvalue weighted by atomic mass is 9.66. The number of Topliss-reactive ketones (excluding diaryl/α,β-unsaturated/α-hetero) is 1. The highest BCUT2D eigenvalue weighted by Gasteiger charge is 2.59. The molecule has 1 aliphatic carbocycles. The minimum absolute atomic E-state index is 0.0202. The Labute approximate surface area is 179 Å². The summed E-state index contributed by atoms with van der Waals surface area (Å²) in [4.78, 5) is 39.2. The van der Waals surface area contributed by atoms with E-state index in [1.807, 2.05) is 0 Å². The van der Waals surface area contributed by atoms with E-state index in [9.17, 15) is 34.8 Å². The number of amides is 1. The van der Waals surface area contributed by atoms with Crippen molar-refractivity contribution in [2.24, 2.45) is 17.3 Å². The molecule has 4 N–H and O–H groups in total. The second kappa shape index (κ2) is 8.12. The van der Waals surface area contributed by atoms with Crippen LogP contribution in [0.3, 0.4) is 0 Å². The van der Waals surface area contributed by atoms with Crippen molar-refractivity contribution in [1.82, 2.24) is 4.90 Å². The van der Waals surface area contributed by atoms with Gasteiger partial charge in [0, 0.05) is 18.8 Å². The number of aliphatic hydroxyl groups is 2. The topological polar surface area (TPSA) is 145 Å². The Hall–Kier alpha value is -2.65. The van der Waals surface area contributed by atoms with E-state index in [-0.39, 0.29) is 48.8 Å². The van der Waals surface area contributed by atoms with E-state index in [2.05, 4.69) is 0 Å². The molecule has 2 unspecified atom stereocenters. The number of phenols is 2. The molecule has 2 heterocycles. The molecule has 0 aromatic heterocycles. The molecule has 2 aliphatic heterocycles. The highest BCUT2D eigenvalue weighted by Crippen LogP contribution is 2.50. The first-order valence-electron chi connectivity index (χ1n) is 10.6. The smallest absolute Gasteiger partial charge is 0.309 e. The predicted molar refractivity (Wildman–Crippen MR) is 106 cm³/mol. The van der Waals surface area contributed by atoms with E-state index in [1.165, 1.54) is 18.2 Å². The monoisotopic (exact) mass is 433 g/mol. The van der Waals surface area contributed by atoms with Crippen molar-refractivity contribution >= 4 is 17.7 Å². The number of phenolic OH excluding ortho intramolecular Hbond substituents is 2. The number of benzene rings is 1. The van der Waals surface area contributed by atoms with Gasteiger partial charge in [-0.2, -0.15) is 0 Å². The average molecular weight is 433 g/mol. The summed E-state index contributed by atoms with van der Waals surface area (Å²) in [5.41, 5.74) is -1.13. The predicted octanol–water partition coefficient (Wildman–Crippen LogP) is 1.28. The molecule has 4 rings (SSSR count). The summed E-state index contributed by atoms with van der Waals surface area (Å²) in [5.74, 6) is -3.19. The zero-order valence-corrected chi connectivity index (χ0v) is 17.1. The fourth-order valence-corrected chi connectivity index (χ4v) is 5.29. The van der Waals surface area contributed by atoms with Gasteiger partial charge in [-0.25, -0.2) is 0 Å². The Kier molecular flexibility index (Phi) is 5.65. The molecular formula is C22H27NO8. The van der Waals surface area contributed by atoms with Crippen LogP contribution < -0.4 is 0 Å². The van der Waals surface area contributed by atoms with Crippen LogP contribution in [0.1, 0.15) is 55.3 Å². The molecule has 0 bridgehead atoms. The van der Waals surface area contributed by atoms with E-state index in [0.717, 1.165) is 4.90 Å². The van der Waals surface area contributed by atoms with Gasteiger partial charge in [0.1, 0.15) is 30.6 Å². The van der Waals surface area contributed by atoms with Crippen LogP contribution in [0.5, 0.6) is 11.5 Å². The zero-order valence-electron chi connectivity index (χ0n) is 17.1. The van der Waals surface area contributed by atoms with Crippen LogP contribution in [0.4, 0.5) is 0 Å². The van der Waals surface area contributed by atoms with Crippen molar-refractivity contribution in [1.29, 1.82) is 0 Å². The maximum atomic E-state index is 13.2. The number of carbonyl (C=O) groups excluding carboxylic acids is 3. The highest BCUT2D eigenvalue weighted by atomic mass is 16.5. The van der Waals surface area contributed by atoms with Crippen LogP contribution >= 0.6 is 0 Å². The number of cyclic esters (lactones) is 1. The maximum absolute atomic E-state index is 13.2. The third kappa shape index (κ3) is 3.65. The Morgan fingerprint density at radius 1 is 1.19 bits per heavy atom. The third-order valence-electron chi connectivity index (χ3n) is 7.05. The largest absolute Gasteiger partial charge is 0.508 e. The van der Waals surface area contributed by atoms with Gasteiger partial charge in [-0.05, 0) is 37.5 Å². The second-order valence-corrected chi connectivity index (χ2v) is 8.83. The molecule has 3 fully saturated rings. The Morgan fingerprint density at radius 3 is 2.68 bits per heavy atom. The van der Waals surface area contributed by atoms with E-state index >= 15 is 0 Å². The quantitative estimate of drug-likeness (QED) is 0.316. The summed E-state index contributed by atoms with van der Waals surface area (Å²) >= 11 is 0. The van der Waals surface area contributed by atoms with Gasteiger partial charge in [0.15, 0.2) is 5.78 Å². The number of rotatable bonds is 4. The zero-order chi connectivity index (χ0) is 22.3. The number of fused-ring (bicyclic) bond motifs is 1. The molecule has 9 heteroatoms. The molecule has 1 amide bonds.